The number of hydrogen-bond donors (Lipinski definition) is 2. The van der Waals surface area contributed by atoms with Crippen molar-refractivity contribution >= 4 is 35.0 Å². The predicted molar refractivity (Wildman–Crippen MR) is 114 cm³/mol. The number of rotatable bonds is 5. The Hall–Kier alpha value is -2.71. The molecule has 0 spiro atoms. The second-order valence-electron chi connectivity index (χ2n) is 6.51. The molecule has 4 rings (SSSR count). The second kappa shape index (κ2) is 8.34. The fraction of sp³-hybridized carbons (Fsp3) is 0.250. The number of aromatic nitrogens is 3. The number of carbonyl (C=O) groups excluding carboxylic acids is 1. The van der Waals surface area contributed by atoms with Crippen LogP contribution in [0.1, 0.15) is 24.4 Å². The summed E-state index contributed by atoms with van der Waals surface area (Å²) in [5.74, 6) is 1.37. The van der Waals surface area contributed by atoms with Gasteiger partial charge < -0.3 is 15.5 Å². The molecule has 2 aromatic carbocycles. The molecule has 3 aromatic rings. The van der Waals surface area contributed by atoms with E-state index in [2.05, 4.69) is 20.9 Å². The van der Waals surface area contributed by atoms with E-state index in [0.717, 1.165) is 17.1 Å². The van der Waals surface area contributed by atoms with E-state index < -0.39 is 5.25 Å². The molecular formula is C20H20ClN5O2S. The summed E-state index contributed by atoms with van der Waals surface area (Å²) in [7, 11) is 0. The molecule has 2 unspecified atom stereocenters. The summed E-state index contributed by atoms with van der Waals surface area (Å²) < 4.78 is 7.26. The van der Waals surface area contributed by atoms with Crippen LogP contribution in [0.2, 0.25) is 5.02 Å². The van der Waals surface area contributed by atoms with Crippen LogP contribution in [0, 0.1) is 6.92 Å². The number of aryl methyl sites for hydroxylation is 1. The molecule has 0 bridgehead atoms. The number of ether oxygens (including phenoxy) is 1. The Labute approximate surface area is 177 Å². The van der Waals surface area contributed by atoms with E-state index in [1.54, 1.807) is 0 Å². The van der Waals surface area contributed by atoms with Crippen molar-refractivity contribution in [2.24, 2.45) is 0 Å². The van der Waals surface area contributed by atoms with Crippen LogP contribution in [-0.4, -0.2) is 32.6 Å². The van der Waals surface area contributed by atoms with Gasteiger partial charge in [0.2, 0.25) is 11.1 Å². The molecule has 1 aliphatic rings. The quantitative estimate of drug-likeness (QED) is 0.637. The maximum Gasteiger partial charge on any atom is 0.240 e. The number of fused-ring (bicyclic) bond motifs is 1. The van der Waals surface area contributed by atoms with Crippen LogP contribution >= 0.6 is 23.4 Å². The normalized spacial score (nSPS) is 17.9. The summed E-state index contributed by atoms with van der Waals surface area (Å²) in [6, 6.07) is 14.5. The molecule has 0 radical (unpaired) electrons. The summed E-state index contributed by atoms with van der Waals surface area (Å²) in [5, 5.41) is 12.1. The SMILES string of the molecule is CCOc1ccc(NC(=O)C2Sc3nnc(C)n3NC2c2ccc(Cl)cc2)cc1. The lowest BCUT2D eigenvalue weighted by atomic mass is 10.0. The van der Waals surface area contributed by atoms with E-state index in [-0.39, 0.29) is 11.9 Å². The largest absolute Gasteiger partial charge is 0.494 e. The molecule has 2 N–H and O–H groups in total. The number of anilines is 1. The van der Waals surface area contributed by atoms with Gasteiger partial charge in [0.1, 0.15) is 16.8 Å². The van der Waals surface area contributed by atoms with Gasteiger partial charge in [-0.1, -0.05) is 35.5 Å². The fourth-order valence-corrected chi connectivity index (χ4v) is 4.35. The monoisotopic (exact) mass is 429 g/mol. The van der Waals surface area contributed by atoms with Gasteiger partial charge in [0.05, 0.1) is 12.6 Å². The molecule has 0 fully saturated rings. The summed E-state index contributed by atoms with van der Waals surface area (Å²) in [4.78, 5) is 13.2. The third kappa shape index (κ3) is 4.18. The molecular weight excluding hydrogens is 410 g/mol. The van der Waals surface area contributed by atoms with Crippen molar-refractivity contribution in [3.05, 3.63) is 64.9 Å². The van der Waals surface area contributed by atoms with Crippen LogP contribution in [0.5, 0.6) is 5.75 Å². The number of benzene rings is 2. The number of thioether (sulfide) groups is 1. The molecule has 7 nitrogen and oxygen atoms in total. The topological polar surface area (TPSA) is 81.1 Å². The maximum atomic E-state index is 13.2. The van der Waals surface area contributed by atoms with E-state index >= 15 is 0 Å². The molecule has 1 aromatic heterocycles. The van der Waals surface area contributed by atoms with E-state index in [1.807, 2.05) is 67.1 Å². The zero-order valence-electron chi connectivity index (χ0n) is 15.9. The van der Waals surface area contributed by atoms with Crippen molar-refractivity contribution in [3.8, 4) is 5.75 Å². The van der Waals surface area contributed by atoms with Crippen molar-refractivity contribution in [2.75, 3.05) is 17.3 Å². The Bertz CT molecular complexity index is 1010. The van der Waals surface area contributed by atoms with Gasteiger partial charge in [-0.3, -0.25) is 4.79 Å². The molecule has 2 atom stereocenters. The average molecular weight is 430 g/mol. The van der Waals surface area contributed by atoms with Gasteiger partial charge >= 0.3 is 0 Å². The summed E-state index contributed by atoms with van der Waals surface area (Å²) in [6.45, 7) is 4.39. The highest BCUT2D eigenvalue weighted by atomic mass is 35.5. The lowest BCUT2D eigenvalue weighted by molar-refractivity contribution is -0.116. The molecule has 29 heavy (non-hydrogen) atoms. The first kappa shape index (κ1) is 19.6. The minimum Gasteiger partial charge on any atom is -0.494 e. The molecule has 0 saturated carbocycles. The Morgan fingerprint density at radius 3 is 2.62 bits per heavy atom. The smallest absolute Gasteiger partial charge is 0.240 e. The summed E-state index contributed by atoms with van der Waals surface area (Å²) in [6.07, 6.45) is 0. The van der Waals surface area contributed by atoms with Crippen molar-refractivity contribution < 1.29 is 9.53 Å². The van der Waals surface area contributed by atoms with Gasteiger partial charge in [0, 0.05) is 10.7 Å². The van der Waals surface area contributed by atoms with Crippen LogP contribution < -0.4 is 15.5 Å². The first-order valence-electron chi connectivity index (χ1n) is 9.19. The fourth-order valence-electron chi connectivity index (χ4n) is 3.10. The van der Waals surface area contributed by atoms with Gasteiger partial charge in [0.25, 0.3) is 0 Å². The molecule has 150 valence electrons. The Kier molecular flexibility index (Phi) is 5.64. The van der Waals surface area contributed by atoms with Gasteiger partial charge in [0.15, 0.2) is 0 Å². The predicted octanol–water partition coefficient (Wildman–Crippen LogP) is 4.04. The second-order valence-corrected chi connectivity index (χ2v) is 8.05. The minimum absolute atomic E-state index is 0.126. The number of hydrogen-bond acceptors (Lipinski definition) is 6. The van der Waals surface area contributed by atoms with Crippen molar-refractivity contribution in [1.29, 1.82) is 0 Å². The lowest BCUT2D eigenvalue weighted by Crippen LogP contribution is -2.41. The number of nitrogens with one attached hydrogen (secondary N) is 2. The third-order valence-corrected chi connectivity index (χ3v) is 5.99. The average Bonchev–Trinajstić information content (AvgIpc) is 3.09. The summed E-state index contributed by atoms with van der Waals surface area (Å²) >= 11 is 7.42. The van der Waals surface area contributed by atoms with Crippen LogP contribution in [0.25, 0.3) is 0 Å². The van der Waals surface area contributed by atoms with Gasteiger partial charge in [-0.2, -0.15) is 0 Å². The maximum absolute atomic E-state index is 13.2. The number of halogens is 1. The van der Waals surface area contributed by atoms with E-state index in [1.165, 1.54) is 11.8 Å². The first-order chi connectivity index (χ1) is 14.0. The van der Waals surface area contributed by atoms with Crippen LogP contribution in [0.3, 0.4) is 0 Å². The third-order valence-electron chi connectivity index (χ3n) is 4.52. The number of amides is 1. The summed E-state index contributed by atoms with van der Waals surface area (Å²) in [5.41, 5.74) is 5.03. The molecule has 0 saturated heterocycles. The first-order valence-corrected chi connectivity index (χ1v) is 10.5. The molecule has 2 heterocycles. The van der Waals surface area contributed by atoms with Crippen molar-refractivity contribution in [1.82, 2.24) is 14.9 Å². The standard InChI is InChI=1S/C20H20ClN5O2S/c1-3-28-16-10-8-15(9-11-16)22-19(27)18-17(13-4-6-14(21)7-5-13)25-26-12(2)23-24-20(26)29-18/h4-11,17-18,25H,3H2,1-2H3,(H,22,27). The van der Waals surface area contributed by atoms with Gasteiger partial charge in [-0.05, 0) is 55.8 Å². The number of carbonyl (C=O) groups is 1. The Balaban J connectivity index is 1.59. The van der Waals surface area contributed by atoms with Crippen molar-refractivity contribution in [2.45, 2.75) is 30.3 Å². The van der Waals surface area contributed by atoms with Gasteiger partial charge in [-0.15, -0.1) is 10.2 Å². The van der Waals surface area contributed by atoms with Crippen LogP contribution in [-0.2, 0) is 4.79 Å². The zero-order chi connectivity index (χ0) is 20.4. The van der Waals surface area contributed by atoms with E-state index in [0.29, 0.717) is 22.5 Å². The molecule has 9 heteroatoms. The number of nitrogens with zero attached hydrogens (tertiary/aromatic N) is 3. The van der Waals surface area contributed by atoms with E-state index in [9.17, 15) is 4.79 Å². The Morgan fingerprint density at radius 2 is 1.93 bits per heavy atom. The minimum atomic E-state index is -0.446. The highest BCUT2D eigenvalue weighted by Crippen LogP contribution is 2.37. The lowest BCUT2D eigenvalue weighted by Gasteiger charge is -2.32. The molecule has 0 aliphatic carbocycles. The molecule has 1 amide bonds. The highest BCUT2D eigenvalue weighted by Gasteiger charge is 2.37. The molecule has 1 aliphatic heterocycles. The Morgan fingerprint density at radius 1 is 1.21 bits per heavy atom. The van der Waals surface area contributed by atoms with Crippen molar-refractivity contribution in [3.63, 3.8) is 0 Å². The van der Waals surface area contributed by atoms with Crippen LogP contribution in [0.15, 0.2) is 53.7 Å². The highest BCUT2D eigenvalue weighted by molar-refractivity contribution is 8.00. The van der Waals surface area contributed by atoms with E-state index in [4.69, 9.17) is 16.3 Å². The zero-order valence-corrected chi connectivity index (χ0v) is 17.5. The van der Waals surface area contributed by atoms with Crippen LogP contribution in [0.4, 0.5) is 5.69 Å². The van der Waals surface area contributed by atoms with Gasteiger partial charge in [-0.25, -0.2) is 4.68 Å².